The molecule has 5 rings (SSSR count). The molecule has 0 heterocycles. The van der Waals surface area contributed by atoms with Crippen LogP contribution in [0, 0.1) is 46.3 Å². The Hall–Kier alpha value is -0.400. The van der Waals surface area contributed by atoms with Crippen molar-refractivity contribution in [3.8, 4) is 0 Å². The van der Waals surface area contributed by atoms with E-state index < -0.39 is 17.0 Å². The molecular weight excluding hydrogens is 419 g/mol. The van der Waals surface area contributed by atoms with Crippen molar-refractivity contribution in [2.75, 3.05) is 0 Å². The molecule has 5 aliphatic rings. The van der Waals surface area contributed by atoms with Gasteiger partial charge >= 0.3 is 0 Å². The number of halogens is 1. The molecule has 0 unspecified atom stereocenters. The fourth-order valence-electron chi connectivity index (χ4n) is 10.1. The second-order valence-electron chi connectivity index (χ2n) is 13.8. The van der Waals surface area contributed by atoms with Gasteiger partial charge < -0.3 is 0 Å². The Bertz CT molecular complexity index is 611. The molecule has 0 aromatic carbocycles. The number of Topliss-reactive ketones (excluding diaryl/α,β-unsaturated/α-hetero) is 1. The predicted molar refractivity (Wildman–Crippen MR) is 139 cm³/mol. The molecule has 5 fully saturated rings. The predicted octanol–water partition coefficient (Wildman–Crippen LogP) is 9.47. The van der Waals surface area contributed by atoms with Crippen molar-refractivity contribution >= 4 is 5.78 Å². The van der Waals surface area contributed by atoms with E-state index in [-0.39, 0.29) is 0 Å². The first-order valence-electron chi connectivity index (χ1n) is 15.7. The second kappa shape index (κ2) is 10.5. The third-order valence-electron chi connectivity index (χ3n) is 12.2. The minimum Gasteiger partial charge on any atom is -0.298 e. The maximum Gasteiger partial charge on any atom is 0.151 e. The molecule has 0 amide bonds. The lowest BCUT2D eigenvalue weighted by Crippen LogP contribution is -2.69. The molecule has 0 radical (unpaired) electrons. The van der Waals surface area contributed by atoms with E-state index in [9.17, 15) is 4.79 Å². The van der Waals surface area contributed by atoms with Gasteiger partial charge in [0, 0.05) is 0 Å². The summed E-state index contributed by atoms with van der Waals surface area (Å²) < 4.78 is 16.0. The Labute approximate surface area is 209 Å². The van der Waals surface area contributed by atoms with Gasteiger partial charge in [0.1, 0.15) is 6.17 Å². The highest BCUT2D eigenvalue weighted by Gasteiger charge is 2.71. The van der Waals surface area contributed by atoms with Crippen LogP contribution in [0.5, 0.6) is 0 Å². The van der Waals surface area contributed by atoms with Crippen LogP contribution in [-0.2, 0) is 4.79 Å². The molecule has 1 nitrogen and oxygen atoms in total. The molecular formula is C32H53FO. The molecule has 194 valence electrons. The molecule has 0 aromatic rings. The lowest BCUT2D eigenvalue weighted by atomic mass is 9.41. The molecule has 0 N–H and O–H groups in total. The summed E-state index contributed by atoms with van der Waals surface area (Å²) in [6.07, 6.45) is 23.7. The quantitative estimate of drug-likeness (QED) is 0.376. The average molecular weight is 473 g/mol. The van der Waals surface area contributed by atoms with Crippen LogP contribution in [0.4, 0.5) is 4.39 Å². The van der Waals surface area contributed by atoms with Gasteiger partial charge in [0.15, 0.2) is 5.78 Å². The summed E-state index contributed by atoms with van der Waals surface area (Å²) in [4.78, 5) is 13.7. The molecule has 0 saturated heterocycles. The van der Waals surface area contributed by atoms with Crippen LogP contribution in [0.2, 0.25) is 0 Å². The van der Waals surface area contributed by atoms with Crippen molar-refractivity contribution in [3.05, 3.63) is 0 Å². The van der Waals surface area contributed by atoms with Crippen molar-refractivity contribution in [3.63, 3.8) is 0 Å². The topological polar surface area (TPSA) is 17.1 Å². The monoisotopic (exact) mass is 472 g/mol. The zero-order valence-corrected chi connectivity index (χ0v) is 22.5. The highest BCUT2D eigenvalue weighted by Crippen LogP contribution is 2.66. The molecule has 0 atom stereocenters. The maximum atomic E-state index is 16.0. The molecule has 34 heavy (non-hydrogen) atoms. The zero-order chi connectivity index (χ0) is 23.8. The van der Waals surface area contributed by atoms with Crippen LogP contribution in [0.15, 0.2) is 0 Å². The summed E-state index contributed by atoms with van der Waals surface area (Å²) in [5, 5.41) is 0. The number of carbonyl (C=O) groups excluding carboxylic acids is 1. The van der Waals surface area contributed by atoms with E-state index in [4.69, 9.17) is 0 Å². The fourth-order valence-corrected chi connectivity index (χ4v) is 10.1. The van der Waals surface area contributed by atoms with E-state index >= 15 is 4.39 Å². The summed E-state index contributed by atoms with van der Waals surface area (Å²) in [7, 11) is 0. The second-order valence-corrected chi connectivity index (χ2v) is 13.8. The van der Waals surface area contributed by atoms with E-state index in [2.05, 4.69) is 13.8 Å². The van der Waals surface area contributed by atoms with Gasteiger partial charge in [0.25, 0.3) is 0 Å². The minimum atomic E-state index is -0.838. The van der Waals surface area contributed by atoms with E-state index in [0.717, 1.165) is 86.9 Å². The van der Waals surface area contributed by atoms with Crippen LogP contribution in [0.25, 0.3) is 0 Å². The van der Waals surface area contributed by atoms with Gasteiger partial charge in [0.05, 0.1) is 10.8 Å². The first kappa shape index (κ1) is 25.3. The van der Waals surface area contributed by atoms with Crippen molar-refractivity contribution in [2.45, 2.75) is 148 Å². The van der Waals surface area contributed by atoms with Gasteiger partial charge in [-0.2, -0.15) is 0 Å². The van der Waals surface area contributed by atoms with Crippen molar-refractivity contribution in [1.82, 2.24) is 0 Å². The lowest BCUT2D eigenvalue weighted by Gasteiger charge is -2.62. The van der Waals surface area contributed by atoms with E-state index in [1.807, 2.05) is 0 Å². The summed E-state index contributed by atoms with van der Waals surface area (Å²) in [6.45, 7) is 4.63. The smallest absolute Gasteiger partial charge is 0.151 e. The molecule has 5 saturated carbocycles. The molecule has 5 aliphatic carbocycles. The summed E-state index contributed by atoms with van der Waals surface area (Å²) >= 11 is 0. The minimum absolute atomic E-state index is 0.378. The van der Waals surface area contributed by atoms with E-state index in [1.54, 1.807) is 0 Å². The maximum absolute atomic E-state index is 16.0. The van der Waals surface area contributed by atoms with Gasteiger partial charge in [-0.05, 0) is 113 Å². The fraction of sp³-hybridized carbons (Fsp3) is 0.969. The molecule has 0 aliphatic heterocycles. The SMILES string of the molecule is CCCC1CCC(C2CC[C@]3(CC2)C(=O)[C@@]2(CCC(C4CCC(CCC)CC4)CC2)[C@H]3F)CC1. The van der Waals surface area contributed by atoms with Crippen molar-refractivity contribution in [1.29, 1.82) is 0 Å². The Morgan fingerprint density at radius 2 is 0.912 bits per heavy atom. The van der Waals surface area contributed by atoms with E-state index in [0.29, 0.717) is 5.78 Å². The standard InChI is InChI=1S/C32H53FO/c1-3-5-23-7-11-25(12-8-23)27-15-19-31(20-16-27)29(33)32(30(31)34)21-17-28(18-22-32)26-13-9-24(6-4-2)10-14-26/h23-29H,3-22H2,1-2H3/t23?,24?,25?,26?,27?,28?,29?,31-,32-. The lowest BCUT2D eigenvalue weighted by molar-refractivity contribution is -0.194. The summed E-state index contributed by atoms with van der Waals surface area (Å²) in [5.74, 6) is 5.54. The number of carbonyl (C=O) groups is 1. The van der Waals surface area contributed by atoms with Crippen LogP contribution < -0.4 is 0 Å². The van der Waals surface area contributed by atoms with Gasteiger partial charge in [-0.25, -0.2) is 4.39 Å². The Morgan fingerprint density at radius 3 is 1.21 bits per heavy atom. The number of ketones is 1. The molecule has 0 aromatic heterocycles. The molecule has 2 heteroatoms. The number of hydrogen-bond acceptors (Lipinski definition) is 1. The first-order valence-corrected chi connectivity index (χ1v) is 15.7. The van der Waals surface area contributed by atoms with Crippen molar-refractivity contribution < 1.29 is 9.18 Å². The first-order chi connectivity index (χ1) is 16.5. The van der Waals surface area contributed by atoms with Gasteiger partial charge in [-0.15, -0.1) is 0 Å². The highest BCUT2D eigenvalue weighted by atomic mass is 19.1. The van der Waals surface area contributed by atoms with Gasteiger partial charge in [0.2, 0.25) is 0 Å². The number of rotatable bonds is 6. The van der Waals surface area contributed by atoms with Crippen LogP contribution in [-0.4, -0.2) is 12.0 Å². The Kier molecular flexibility index (Phi) is 7.82. The normalized spacial score (nSPS) is 47.6. The Balaban J connectivity index is 1.10. The molecule has 0 bridgehead atoms. The third kappa shape index (κ3) is 4.44. The van der Waals surface area contributed by atoms with Crippen LogP contribution >= 0.6 is 0 Å². The van der Waals surface area contributed by atoms with E-state index in [1.165, 1.54) is 77.0 Å². The summed E-state index contributed by atoms with van der Waals surface area (Å²) in [5.41, 5.74) is -1.14. The zero-order valence-electron chi connectivity index (χ0n) is 22.5. The summed E-state index contributed by atoms with van der Waals surface area (Å²) in [6, 6.07) is 0. The Morgan fingerprint density at radius 1 is 0.588 bits per heavy atom. The van der Waals surface area contributed by atoms with Gasteiger partial charge in [-0.1, -0.05) is 65.2 Å². The van der Waals surface area contributed by atoms with Crippen molar-refractivity contribution in [2.24, 2.45) is 46.3 Å². The van der Waals surface area contributed by atoms with Crippen LogP contribution in [0.3, 0.4) is 0 Å². The largest absolute Gasteiger partial charge is 0.298 e. The number of alkyl halides is 1. The van der Waals surface area contributed by atoms with Gasteiger partial charge in [-0.3, -0.25) is 4.79 Å². The third-order valence-corrected chi connectivity index (χ3v) is 12.2. The number of hydrogen-bond donors (Lipinski definition) is 0. The highest BCUT2D eigenvalue weighted by molar-refractivity contribution is 5.98. The molecule has 2 spiro atoms. The van der Waals surface area contributed by atoms with Crippen LogP contribution in [0.1, 0.15) is 142 Å². The average Bonchev–Trinajstić information content (AvgIpc) is 2.89.